The summed E-state index contributed by atoms with van der Waals surface area (Å²) in [6.07, 6.45) is 0.439. The molecular weight excluding hydrogens is 384 g/mol. The number of hydrogen-bond acceptors (Lipinski definition) is 5. The molecule has 0 amide bonds. The van der Waals surface area contributed by atoms with Crippen LogP contribution in [-0.2, 0) is 16.6 Å². The average Bonchev–Trinajstić information content (AvgIpc) is 3.49. The van der Waals surface area contributed by atoms with E-state index in [0.29, 0.717) is 29.4 Å². The van der Waals surface area contributed by atoms with Gasteiger partial charge in [-0.3, -0.25) is 4.79 Å². The predicted octanol–water partition coefficient (Wildman–Crippen LogP) is 3.74. The van der Waals surface area contributed by atoms with E-state index in [2.05, 4.69) is 0 Å². The van der Waals surface area contributed by atoms with Crippen LogP contribution in [0.5, 0.6) is 23.0 Å². The lowest BCUT2D eigenvalue weighted by molar-refractivity contribution is -0.142. The van der Waals surface area contributed by atoms with Gasteiger partial charge in [0.05, 0.1) is 11.3 Å². The molecule has 3 aromatic carbocycles. The first-order valence-electron chi connectivity index (χ1n) is 9.79. The van der Waals surface area contributed by atoms with Crippen molar-refractivity contribution in [2.75, 3.05) is 13.6 Å². The molecule has 1 unspecified atom stereocenters. The van der Waals surface area contributed by atoms with Gasteiger partial charge in [0.1, 0.15) is 0 Å². The maximum Gasteiger partial charge on any atom is 0.308 e. The Bertz CT molecular complexity index is 1130. The van der Waals surface area contributed by atoms with Crippen molar-refractivity contribution in [3.8, 4) is 23.0 Å². The van der Waals surface area contributed by atoms with E-state index in [1.165, 1.54) is 0 Å². The standard InChI is InChI=1S/C24H18O6/c25-23(26)18-9-14-3-1-2-4-17(14)24(18,15-5-7-19-21(10-15)29-12-27-19)16-6-8-20-22(11-16)30-13-28-20/h1-8,10-11,18H,9,12-13H2,(H,25,26). The Balaban J connectivity index is 1.67. The van der Waals surface area contributed by atoms with E-state index in [1.807, 2.05) is 60.7 Å². The summed E-state index contributed by atoms with van der Waals surface area (Å²) in [7, 11) is 0. The van der Waals surface area contributed by atoms with Gasteiger partial charge >= 0.3 is 5.97 Å². The molecule has 1 N–H and O–H groups in total. The minimum Gasteiger partial charge on any atom is -0.481 e. The molecule has 2 heterocycles. The summed E-state index contributed by atoms with van der Waals surface area (Å²) in [5.74, 6) is 1.05. The first-order valence-corrected chi connectivity index (χ1v) is 9.79. The zero-order valence-electron chi connectivity index (χ0n) is 16.0. The van der Waals surface area contributed by atoms with Gasteiger partial charge in [-0.25, -0.2) is 0 Å². The topological polar surface area (TPSA) is 74.2 Å². The van der Waals surface area contributed by atoms with Crippen molar-refractivity contribution in [2.45, 2.75) is 11.8 Å². The highest BCUT2D eigenvalue weighted by atomic mass is 16.7. The predicted molar refractivity (Wildman–Crippen MR) is 106 cm³/mol. The van der Waals surface area contributed by atoms with E-state index >= 15 is 0 Å². The van der Waals surface area contributed by atoms with E-state index in [1.54, 1.807) is 0 Å². The summed E-state index contributed by atoms with van der Waals surface area (Å²) >= 11 is 0. The van der Waals surface area contributed by atoms with Gasteiger partial charge in [0.2, 0.25) is 13.6 Å². The number of carboxylic acid groups (broad SMARTS) is 1. The van der Waals surface area contributed by atoms with E-state index in [4.69, 9.17) is 18.9 Å². The fraction of sp³-hybridized carbons (Fsp3) is 0.208. The maximum atomic E-state index is 12.6. The van der Waals surface area contributed by atoms with Crippen molar-refractivity contribution in [2.24, 2.45) is 5.92 Å². The van der Waals surface area contributed by atoms with Gasteiger partial charge in [0, 0.05) is 0 Å². The van der Waals surface area contributed by atoms with Crippen LogP contribution in [0.15, 0.2) is 60.7 Å². The molecule has 0 fully saturated rings. The third-order valence-corrected chi connectivity index (χ3v) is 6.34. The molecule has 6 heteroatoms. The monoisotopic (exact) mass is 402 g/mol. The second kappa shape index (κ2) is 6.16. The number of rotatable bonds is 3. The molecule has 0 bridgehead atoms. The van der Waals surface area contributed by atoms with Crippen LogP contribution in [-0.4, -0.2) is 24.7 Å². The number of fused-ring (bicyclic) bond motifs is 3. The third kappa shape index (κ3) is 2.21. The van der Waals surface area contributed by atoms with Gasteiger partial charge in [-0.15, -0.1) is 0 Å². The Morgan fingerprint density at radius 3 is 1.97 bits per heavy atom. The zero-order valence-corrected chi connectivity index (χ0v) is 16.0. The lowest BCUT2D eigenvalue weighted by Crippen LogP contribution is -2.39. The molecule has 2 aliphatic heterocycles. The number of benzene rings is 3. The highest BCUT2D eigenvalue weighted by Gasteiger charge is 2.53. The van der Waals surface area contributed by atoms with Crippen molar-refractivity contribution in [3.05, 3.63) is 82.9 Å². The molecule has 1 aliphatic carbocycles. The highest BCUT2D eigenvalue weighted by Crippen LogP contribution is 2.55. The van der Waals surface area contributed by atoms with Crippen LogP contribution >= 0.6 is 0 Å². The Morgan fingerprint density at radius 1 is 0.800 bits per heavy atom. The summed E-state index contributed by atoms with van der Waals surface area (Å²) in [5, 5.41) is 10.3. The van der Waals surface area contributed by atoms with Gasteiger partial charge in [-0.05, 0) is 52.9 Å². The van der Waals surface area contributed by atoms with E-state index in [9.17, 15) is 9.90 Å². The van der Waals surface area contributed by atoms with Crippen LogP contribution in [0.1, 0.15) is 22.3 Å². The van der Waals surface area contributed by atoms with E-state index in [-0.39, 0.29) is 13.6 Å². The van der Waals surface area contributed by atoms with Gasteiger partial charge in [0.25, 0.3) is 0 Å². The normalized spacial score (nSPS) is 19.5. The summed E-state index contributed by atoms with van der Waals surface area (Å²) in [4.78, 5) is 12.6. The van der Waals surface area contributed by atoms with Crippen LogP contribution in [0.25, 0.3) is 0 Å². The summed E-state index contributed by atoms with van der Waals surface area (Å²) in [5.41, 5.74) is 2.81. The molecule has 3 aromatic rings. The first kappa shape index (κ1) is 17.2. The lowest BCUT2D eigenvalue weighted by atomic mass is 9.65. The molecule has 0 aromatic heterocycles. The van der Waals surface area contributed by atoms with E-state index < -0.39 is 17.3 Å². The fourth-order valence-corrected chi connectivity index (χ4v) is 5.08. The summed E-state index contributed by atoms with van der Waals surface area (Å²) in [6.45, 7) is 0.323. The number of carboxylic acids is 1. The average molecular weight is 402 g/mol. The van der Waals surface area contributed by atoms with Crippen molar-refractivity contribution in [1.82, 2.24) is 0 Å². The molecule has 0 saturated carbocycles. The summed E-state index contributed by atoms with van der Waals surface area (Å²) in [6, 6.07) is 19.3. The van der Waals surface area contributed by atoms with Crippen LogP contribution in [0.3, 0.4) is 0 Å². The second-order valence-corrected chi connectivity index (χ2v) is 7.70. The molecule has 0 saturated heterocycles. The highest BCUT2D eigenvalue weighted by molar-refractivity contribution is 5.80. The fourth-order valence-electron chi connectivity index (χ4n) is 5.08. The van der Waals surface area contributed by atoms with Gasteiger partial charge in [-0.1, -0.05) is 36.4 Å². The molecule has 6 nitrogen and oxygen atoms in total. The van der Waals surface area contributed by atoms with Crippen molar-refractivity contribution < 1.29 is 28.8 Å². The molecule has 6 rings (SSSR count). The molecule has 1 atom stereocenters. The van der Waals surface area contributed by atoms with Gasteiger partial charge < -0.3 is 24.1 Å². The van der Waals surface area contributed by atoms with Crippen LogP contribution in [0.2, 0.25) is 0 Å². The first-order chi connectivity index (χ1) is 14.7. The van der Waals surface area contributed by atoms with Crippen molar-refractivity contribution >= 4 is 5.97 Å². The molecule has 30 heavy (non-hydrogen) atoms. The zero-order chi connectivity index (χ0) is 20.3. The summed E-state index contributed by atoms with van der Waals surface area (Å²) < 4.78 is 22.2. The quantitative estimate of drug-likeness (QED) is 0.720. The SMILES string of the molecule is O=C(O)C1Cc2ccccc2C1(c1ccc2c(c1)OCO2)c1ccc2c(c1)OCO2. The second-order valence-electron chi connectivity index (χ2n) is 7.70. The maximum absolute atomic E-state index is 12.6. The minimum absolute atomic E-state index is 0.161. The largest absolute Gasteiger partial charge is 0.481 e. The molecule has 0 spiro atoms. The molecule has 150 valence electrons. The smallest absolute Gasteiger partial charge is 0.308 e. The van der Waals surface area contributed by atoms with Crippen molar-refractivity contribution in [1.29, 1.82) is 0 Å². The molecular formula is C24H18O6. The third-order valence-electron chi connectivity index (χ3n) is 6.34. The van der Waals surface area contributed by atoms with E-state index in [0.717, 1.165) is 22.3 Å². The Hall–Kier alpha value is -3.67. The Morgan fingerprint density at radius 2 is 1.37 bits per heavy atom. The Kier molecular flexibility index (Phi) is 3.53. The molecule has 0 radical (unpaired) electrons. The Labute approximate surface area is 172 Å². The van der Waals surface area contributed by atoms with Crippen molar-refractivity contribution in [3.63, 3.8) is 0 Å². The minimum atomic E-state index is -0.898. The number of carbonyl (C=O) groups is 1. The number of aliphatic carboxylic acids is 1. The number of hydrogen-bond donors (Lipinski definition) is 1. The van der Waals surface area contributed by atoms with Gasteiger partial charge in [-0.2, -0.15) is 0 Å². The number of ether oxygens (including phenoxy) is 4. The van der Waals surface area contributed by atoms with Crippen LogP contribution in [0, 0.1) is 5.92 Å². The molecule has 3 aliphatic rings. The van der Waals surface area contributed by atoms with Crippen LogP contribution in [0.4, 0.5) is 0 Å². The van der Waals surface area contributed by atoms with Crippen LogP contribution < -0.4 is 18.9 Å². The lowest BCUT2D eigenvalue weighted by Gasteiger charge is -2.36. The van der Waals surface area contributed by atoms with Gasteiger partial charge in [0.15, 0.2) is 23.0 Å².